The Hall–Kier alpha value is -11.8. The molecule has 16 rings (SSSR count). The number of alkyl halides is 1. The SMILES string of the molecule is CC(C)(C)OC(=O)NC/C(=C/F)COc1ccc2nc(NCCC3CCO3)oc2c1.Cc1ccc(S(=O)(=O)O)cc1.Clc1nc2ccc(OCc3ccccc3)cc2o1.NC/C(=C/F)COc1ccc2nc(NCCC(Cl)CCO)oc2c1.Oc1ccc2nc(NCCC3CCO3)oc2c1.c1ccc(COc2ccc3nc(NCCC4CCO4)oc3c2)cc1. The van der Waals surface area contributed by atoms with Gasteiger partial charge in [-0.1, -0.05) is 78.4 Å². The summed E-state index contributed by atoms with van der Waals surface area (Å²) in [5, 5.41) is 33.2. The number of aliphatic hydroxyl groups is 1. The van der Waals surface area contributed by atoms with Crippen molar-refractivity contribution < 1.29 is 96.7 Å². The lowest BCUT2D eigenvalue weighted by Gasteiger charge is -2.26. The second-order valence-electron chi connectivity index (χ2n) is 29.5. The third kappa shape index (κ3) is 30.9. The van der Waals surface area contributed by atoms with E-state index in [0.29, 0.717) is 138 Å². The number of nitrogens with one attached hydrogen (secondary N) is 5. The van der Waals surface area contributed by atoms with E-state index in [-0.39, 0.29) is 59.9 Å². The number of alkyl carbamates (subject to hydrolysis) is 1. The molecule has 3 aliphatic rings. The summed E-state index contributed by atoms with van der Waals surface area (Å²) < 4.78 is 127. The molecule has 35 heteroatoms. The number of benzene rings is 8. The molecule has 660 valence electrons. The Labute approximate surface area is 724 Å². The number of hydrogen-bond donors (Lipinski definition) is 9. The van der Waals surface area contributed by atoms with E-state index in [1.165, 1.54) is 12.1 Å². The predicted molar refractivity (Wildman–Crippen MR) is 469 cm³/mol. The Morgan fingerprint density at radius 3 is 1.31 bits per heavy atom. The summed E-state index contributed by atoms with van der Waals surface area (Å²) in [5.41, 5.74) is 15.3. The first-order valence-electron chi connectivity index (χ1n) is 40.3. The van der Waals surface area contributed by atoms with Crippen molar-refractivity contribution in [3.8, 4) is 28.7 Å². The van der Waals surface area contributed by atoms with Gasteiger partial charge >= 0.3 is 6.09 Å². The number of oxazole rings is 5. The summed E-state index contributed by atoms with van der Waals surface area (Å²) >= 11 is 11.7. The average Bonchev–Trinajstić information content (AvgIpc) is 1.71. The van der Waals surface area contributed by atoms with Crippen LogP contribution in [-0.4, -0.2) is 162 Å². The van der Waals surface area contributed by atoms with Crippen molar-refractivity contribution >= 4 is 119 Å². The summed E-state index contributed by atoms with van der Waals surface area (Å²) in [4.78, 5) is 33.0. The minimum absolute atomic E-state index is 0.0191. The van der Waals surface area contributed by atoms with Gasteiger partial charge in [-0.25, -0.2) is 13.6 Å². The number of ether oxygens (including phenoxy) is 8. The van der Waals surface area contributed by atoms with Crippen LogP contribution in [0.15, 0.2) is 227 Å². The van der Waals surface area contributed by atoms with E-state index in [4.69, 9.17) is 98.6 Å². The predicted octanol–water partition coefficient (Wildman–Crippen LogP) is 18.4. The lowest BCUT2D eigenvalue weighted by atomic mass is 10.1. The average molecular weight is 1770 g/mol. The second-order valence-corrected chi connectivity index (χ2v) is 31.9. The molecule has 0 spiro atoms. The molecule has 0 bridgehead atoms. The molecule has 8 aromatic carbocycles. The number of anilines is 4. The number of aromatic hydroxyl groups is 1. The molecule has 0 aliphatic carbocycles. The zero-order valence-electron chi connectivity index (χ0n) is 68.9. The zero-order chi connectivity index (χ0) is 87.6. The minimum atomic E-state index is -4.02. The molecular formula is C89H101Cl2F2N11O19S. The van der Waals surface area contributed by atoms with Gasteiger partial charge in [-0.2, -0.15) is 33.3 Å². The van der Waals surface area contributed by atoms with Gasteiger partial charge in [0.2, 0.25) is 0 Å². The number of carbonyl (C=O) groups excluding carboxylic acids is 1. The maximum absolute atomic E-state index is 13.1. The molecule has 4 unspecified atom stereocenters. The summed E-state index contributed by atoms with van der Waals surface area (Å²) in [5.74, 6) is 2.74. The highest BCUT2D eigenvalue weighted by Gasteiger charge is 2.22. The summed E-state index contributed by atoms with van der Waals surface area (Å²) in [6.07, 6.45) is 8.82. The lowest BCUT2D eigenvalue weighted by molar-refractivity contribution is -0.0525. The largest absolute Gasteiger partial charge is 0.508 e. The van der Waals surface area contributed by atoms with E-state index in [2.05, 4.69) is 51.5 Å². The van der Waals surface area contributed by atoms with Gasteiger partial charge in [0.25, 0.3) is 39.5 Å². The Morgan fingerprint density at radius 1 is 0.540 bits per heavy atom. The van der Waals surface area contributed by atoms with Crippen LogP contribution in [-0.2, 0) is 42.3 Å². The topological polar surface area (TPSA) is 402 Å². The number of phenolic OH excluding ortho intramolecular Hbond substituents is 1. The Balaban J connectivity index is 0.000000148. The van der Waals surface area contributed by atoms with E-state index in [9.17, 15) is 27.1 Å². The van der Waals surface area contributed by atoms with E-state index in [1.54, 1.807) is 93.6 Å². The van der Waals surface area contributed by atoms with Crippen LogP contribution in [0.1, 0.15) is 88.8 Å². The van der Waals surface area contributed by atoms with Crippen LogP contribution < -0.4 is 51.3 Å². The van der Waals surface area contributed by atoms with Crippen LogP contribution in [0.3, 0.4) is 0 Å². The van der Waals surface area contributed by atoms with Gasteiger partial charge in [-0.15, -0.1) is 11.6 Å². The Morgan fingerprint density at radius 2 is 0.927 bits per heavy atom. The molecule has 5 aromatic heterocycles. The number of nitrogens with zero attached hydrogens (tertiary/aromatic N) is 5. The molecule has 3 saturated heterocycles. The molecule has 8 heterocycles. The monoisotopic (exact) mass is 1770 g/mol. The van der Waals surface area contributed by atoms with Gasteiger partial charge in [0.05, 0.1) is 35.9 Å². The molecule has 3 aliphatic heterocycles. The fraction of sp³-hybridized carbons (Fsp3) is 0.348. The van der Waals surface area contributed by atoms with Gasteiger partial charge in [0.15, 0.2) is 27.9 Å². The highest BCUT2D eigenvalue weighted by Crippen LogP contribution is 2.31. The number of aryl methyl sites for hydroxylation is 1. The Bertz CT molecular complexity index is 5650. The molecule has 0 radical (unpaired) electrons. The van der Waals surface area contributed by atoms with E-state index in [0.717, 1.165) is 128 Å². The number of amides is 1. The standard InChI is InChI=1S/C21H28FN3O5.C19H20N2O3.C16H21ClFN3O3.C14H10ClNO2.C12H14N2O3.C7H8O3S/c1-21(2,3)30-20(26)24-12-14(11-22)13-28-16-4-5-17-18(10-16)29-19(25-17)23-8-6-15-7-9-27-15;1-2-4-14(5-3-1)13-23-16-6-7-17-18(12-16)24-19(21-17)20-10-8-15-9-11-22-15;17-12(4-6-22)3-5-20-16-21-14-2-1-13(7-15(14)24-16)23-10-11(8-18)9-19;15-14-16-12-7-6-11(8-13(12)18-14)17-9-10-4-2-1-3-5-10;15-8-1-2-10-11(7-8)17-12(14-10)13-5-3-9-4-6-16-9;1-6-2-4-7(5-3-6)11(8,9)10/h4-5,10-11,15H,6-9,12-13H2,1-3H3,(H,23,25)(H,24,26);1-7,12,15H,8-11,13H2,(H,20,21);1-2,7-8,12,22H,3-6,9-10,19H2,(H,20,21);1-8H,9H2;1-2,7,9,15H,3-6H2,(H,13,14);2-5H,1H3,(H,8,9,10)/b14-11-;;11-8-;;;. The fourth-order valence-corrected chi connectivity index (χ4v) is 12.5. The summed E-state index contributed by atoms with van der Waals surface area (Å²) in [6.45, 7) is 13.9. The van der Waals surface area contributed by atoms with Gasteiger partial charge in [0, 0.05) is 113 Å². The van der Waals surface area contributed by atoms with Gasteiger partial charge in [-0.3, -0.25) is 4.55 Å². The van der Waals surface area contributed by atoms with Crippen LogP contribution in [0.5, 0.6) is 28.7 Å². The second kappa shape index (κ2) is 47.2. The van der Waals surface area contributed by atoms with Crippen molar-refractivity contribution in [2.75, 3.05) is 100 Å². The molecule has 3 fully saturated rings. The normalized spacial score (nSPS) is 15.1. The van der Waals surface area contributed by atoms with Crippen LogP contribution in [0.25, 0.3) is 55.5 Å². The third-order valence-corrected chi connectivity index (χ3v) is 20.1. The lowest BCUT2D eigenvalue weighted by Crippen LogP contribution is -2.34. The van der Waals surface area contributed by atoms with Crippen molar-refractivity contribution in [2.45, 2.75) is 126 Å². The molecule has 10 N–H and O–H groups in total. The number of phenols is 1. The number of hydrogen-bond acceptors (Lipinski definition) is 28. The van der Waals surface area contributed by atoms with E-state index in [1.807, 2.05) is 97.9 Å². The number of nitrogens with two attached hydrogens (primary N) is 1. The van der Waals surface area contributed by atoms with E-state index >= 15 is 0 Å². The zero-order valence-corrected chi connectivity index (χ0v) is 71.2. The highest BCUT2D eigenvalue weighted by molar-refractivity contribution is 7.85. The molecule has 1 amide bonds. The third-order valence-electron chi connectivity index (χ3n) is 18.7. The smallest absolute Gasteiger partial charge is 0.407 e. The fourth-order valence-electron chi connectivity index (χ4n) is 11.6. The molecule has 4 atom stereocenters. The first-order chi connectivity index (χ1) is 60.0. The van der Waals surface area contributed by atoms with Gasteiger partial charge in [0.1, 0.15) is 88.4 Å². The van der Waals surface area contributed by atoms with Crippen molar-refractivity contribution in [3.05, 3.63) is 222 Å². The van der Waals surface area contributed by atoms with Gasteiger partial charge < -0.3 is 103 Å². The number of aromatic nitrogens is 5. The van der Waals surface area contributed by atoms with Crippen molar-refractivity contribution in [1.82, 2.24) is 30.2 Å². The Kier molecular flexibility index (Phi) is 35.4. The molecule has 13 aromatic rings. The van der Waals surface area contributed by atoms with Crippen LogP contribution in [0.2, 0.25) is 5.35 Å². The maximum Gasteiger partial charge on any atom is 0.407 e. The number of carbonyl (C=O) groups is 1. The summed E-state index contributed by atoms with van der Waals surface area (Å²) in [6, 6.07) is 54.4. The molecule has 124 heavy (non-hydrogen) atoms. The van der Waals surface area contributed by atoms with E-state index < -0.39 is 21.8 Å². The summed E-state index contributed by atoms with van der Waals surface area (Å²) in [7, 11) is -4.02. The maximum atomic E-state index is 13.1. The number of halogens is 4. The van der Waals surface area contributed by atoms with Crippen LogP contribution in [0, 0.1) is 6.92 Å². The van der Waals surface area contributed by atoms with Crippen LogP contribution >= 0.6 is 23.2 Å². The van der Waals surface area contributed by atoms with Crippen LogP contribution in [0.4, 0.5) is 37.6 Å². The van der Waals surface area contributed by atoms with Crippen molar-refractivity contribution in [2.24, 2.45) is 5.73 Å². The quantitative estimate of drug-likeness (QED) is 0.0134. The molecule has 0 saturated carbocycles. The first kappa shape index (κ1) is 92.9. The van der Waals surface area contributed by atoms with Gasteiger partial charge in [-0.05, 0) is 175 Å². The minimum Gasteiger partial charge on any atom is -0.508 e. The molecule has 30 nitrogen and oxygen atoms in total. The van der Waals surface area contributed by atoms with Crippen molar-refractivity contribution in [1.29, 1.82) is 0 Å². The first-order valence-corrected chi connectivity index (χ1v) is 42.5. The number of rotatable bonds is 34. The molecular weight excluding hydrogens is 1670 g/mol. The number of fused-ring (bicyclic) bond motifs is 5. The highest BCUT2D eigenvalue weighted by atomic mass is 35.5. The van der Waals surface area contributed by atoms with Crippen molar-refractivity contribution in [3.63, 3.8) is 0 Å². The number of aliphatic hydroxyl groups excluding tert-OH is 1.